The third-order valence-electron chi connectivity index (χ3n) is 6.72. The predicted molar refractivity (Wildman–Crippen MR) is 130 cm³/mol. The first kappa shape index (κ1) is 23.6. The van der Waals surface area contributed by atoms with E-state index in [0.29, 0.717) is 31.2 Å². The topological polar surface area (TPSA) is 59.1 Å². The molecule has 7 heteroatoms. The fraction of sp³-hybridized carbons (Fsp3) is 0.538. The van der Waals surface area contributed by atoms with Crippen molar-refractivity contribution >= 4 is 23.2 Å². The van der Waals surface area contributed by atoms with Crippen LogP contribution in [-0.2, 0) is 16.0 Å². The largest absolute Gasteiger partial charge is 0.493 e. The number of ether oxygens (including phenoxy) is 2. The molecule has 2 aliphatic rings. The number of fused-ring (bicyclic) bond motifs is 1. The molecular weight excluding hydrogens is 436 g/mol. The summed E-state index contributed by atoms with van der Waals surface area (Å²) in [5.41, 5.74) is 1.15. The van der Waals surface area contributed by atoms with Gasteiger partial charge in [0.05, 0.1) is 19.7 Å². The quantitative estimate of drug-likeness (QED) is 0.534. The van der Waals surface area contributed by atoms with Gasteiger partial charge in [-0.1, -0.05) is 31.9 Å². The first-order valence-electron chi connectivity index (χ1n) is 12.0. The molecule has 1 aliphatic carbocycles. The molecule has 1 fully saturated rings. The zero-order chi connectivity index (χ0) is 23.2. The van der Waals surface area contributed by atoms with Crippen molar-refractivity contribution in [3.63, 3.8) is 0 Å². The number of thiophene rings is 1. The van der Waals surface area contributed by atoms with Gasteiger partial charge in [-0.05, 0) is 54.8 Å². The highest BCUT2D eigenvalue weighted by Crippen LogP contribution is 2.35. The molecule has 33 heavy (non-hydrogen) atoms. The van der Waals surface area contributed by atoms with Gasteiger partial charge in [-0.2, -0.15) is 0 Å². The highest BCUT2D eigenvalue weighted by Gasteiger charge is 2.35. The minimum atomic E-state index is -0.178. The molecule has 0 radical (unpaired) electrons. The molecule has 2 heterocycles. The monoisotopic (exact) mass is 470 g/mol. The molecule has 0 spiro atoms. The minimum absolute atomic E-state index is 0.000253. The highest BCUT2D eigenvalue weighted by atomic mass is 32.1. The fourth-order valence-corrected chi connectivity index (χ4v) is 5.93. The SMILES string of the molecule is CCCN(CC(=O)N1CCc2sccc2C1COc1ccccc1OC)C(=O)C1CCCC1. The van der Waals surface area contributed by atoms with E-state index in [1.807, 2.05) is 29.2 Å². The van der Waals surface area contributed by atoms with Gasteiger partial charge in [0.2, 0.25) is 11.8 Å². The van der Waals surface area contributed by atoms with Crippen molar-refractivity contribution in [2.75, 3.05) is 33.4 Å². The van der Waals surface area contributed by atoms with E-state index in [2.05, 4.69) is 18.4 Å². The van der Waals surface area contributed by atoms with Crippen molar-refractivity contribution in [1.82, 2.24) is 9.80 Å². The molecule has 178 valence electrons. The van der Waals surface area contributed by atoms with Crippen molar-refractivity contribution in [2.45, 2.75) is 51.5 Å². The second-order valence-electron chi connectivity index (χ2n) is 8.86. The Morgan fingerprint density at radius 1 is 1.15 bits per heavy atom. The third-order valence-corrected chi connectivity index (χ3v) is 7.71. The zero-order valence-electron chi connectivity index (χ0n) is 19.6. The molecule has 1 saturated carbocycles. The van der Waals surface area contributed by atoms with E-state index in [-0.39, 0.29) is 30.3 Å². The van der Waals surface area contributed by atoms with Gasteiger partial charge in [0.1, 0.15) is 6.61 Å². The van der Waals surface area contributed by atoms with Crippen LogP contribution >= 0.6 is 11.3 Å². The van der Waals surface area contributed by atoms with Crippen molar-refractivity contribution in [3.8, 4) is 11.5 Å². The normalized spacial score (nSPS) is 18.1. The van der Waals surface area contributed by atoms with Crippen molar-refractivity contribution < 1.29 is 19.1 Å². The van der Waals surface area contributed by atoms with Gasteiger partial charge in [-0.15, -0.1) is 11.3 Å². The van der Waals surface area contributed by atoms with E-state index in [0.717, 1.165) is 44.1 Å². The maximum Gasteiger partial charge on any atom is 0.242 e. The fourth-order valence-electron chi connectivity index (χ4n) is 5.00. The van der Waals surface area contributed by atoms with E-state index in [1.165, 1.54) is 4.88 Å². The summed E-state index contributed by atoms with van der Waals surface area (Å²) in [5.74, 6) is 1.57. The summed E-state index contributed by atoms with van der Waals surface area (Å²) in [7, 11) is 1.62. The van der Waals surface area contributed by atoms with Crippen molar-refractivity contribution in [1.29, 1.82) is 0 Å². The van der Waals surface area contributed by atoms with Gasteiger partial charge in [0, 0.05) is 23.9 Å². The number of rotatable bonds is 9. The molecule has 0 saturated heterocycles. The highest BCUT2D eigenvalue weighted by molar-refractivity contribution is 7.10. The molecule has 1 unspecified atom stereocenters. The van der Waals surface area contributed by atoms with Gasteiger partial charge in [0.15, 0.2) is 11.5 Å². The number of amides is 2. The number of benzene rings is 1. The molecule has 2 aromatic rings. The van der Waals surface area contributed by atoms with E-state index in [4.69, 9.17) is 9.47 Å². The Balaban J connectivity index is 1.50. The van der Waals surface area contributed by atoms with Gasteiger partial charge >= 0.3 is 0 Å². The summed E-state index contributed by atoms with van der Waals surface area (Å²) < 4.78 is 11.6. The van der Waals surface area contributed by atoms with Crippen LogP contribution in [0.2, 0.25) is 0 Å². The number of nitrogens with zero attached hydrogens (tertiary/aromatic N) is 2. The van der Waals surface area contributed by atoms with Crippen molar-refractivity contribution in [3.05, 3.63) is 46.2 Å². The Bertz CT molecular complexity index is 953. The molecule has 4 rings (SSSR count). The Kier molecular flexibility index (Phi) is 7.91. The average Bonchev–Trinajstić information content (AvgIpc) is 3.54. The summed E-state index contributed by atoms with van der Waals surface area (Å²) in [4.78, 5) is 31.6. The Labute approximate surface area is 200 Å². The lowest BCUT2D eigenvalue weighted by Crippen LogP contribution is -2.48. The second-order valence-corrected chi connectivity index (χ2v) is 9.86. The number of carbonyl (C=O) groups is 2. The molecular formula is C26H34N2O4S. The lowest BCUT2D eigenvalue weighted by atomic mass is 10.00. The van der Waals surface area contributed by atoms with Gasteiger partial charge < -0.3 is 19.3 Å². The van der Waals surface area contributed by atoms with E-state index in [9.17, 15) is 9.59 Å². The number of methoxy groups -OCH3 is 1. The molecule has 1 atom stereocenters. The Morgan fingerprint density at radius 2 is 1.91 bits per heavy atom. The van der Waals surface area contributed by atoms with E-state index < -0.39 is 0 Å². The number of hydrogen-bond donors (Lipinski definition) is 0. The summed E-state index contributed by atoms with van der Waals surface area (Å²) in [5, 5.41) is 2.09. The molecule has 1 aliphatic heterocycles. The minimum Gasteiger partial charge on any atom is -0.493 e. The van der Waals surface area contributed by atoms with Crippen LogP contribution in [-0.4, -0.2) is 55.0 Å². The third kappa shape index (κ3) is 5.35. The standard InChI is InChI=1S/C26H34N2O4S/c1-3-14-27(26(30)19-8-4-5-9-19)17-25(29)28-15-12-24-20(13-16-33-24)21(28)18-32-23-11-7-6-10-22(23)31-2/h6-7,10-11,13,16,19,21H,3-5,8-9,12,14-15,17-18H2,1-2H3. The maximum atomic E-state index is 13.5. The Morgan fingerprint density at radius 3 is 2.64 bits per heavy atom. The summed E-state index contributed by atoms with van der Waals surface area (Å²) in [6.07, 6.45) is 5.81. The number of para-hydroxylation sites is 2. The second kappa shape index (κ2) is 11.1. The van der Waals surface area contributed by atoms with Gasteiger partial charge in [-0.3, -0.25) is 9.59 Å². The Hall–Kier alpha value is -2.54. The smallest absolute Gasteiger partial charge is 0.242 e. The molecule has 0 N–H and O–H groups in total. The summed E-state index contributed by atoms with van der Waals surface area (Å²) in [6.45, 7) is 3.82. The lowest BCUT2D eigenvalue weighted by molar-refractivity contribution is -0.144. The summed E-state index contributed by atoms with van der Waals surface area (Å²) >= 11 is 1.73. The predicted octanol–water partition coefficient (Wildman–Crippen LogP) is 4.69. The van der Waals surface area contributed by atoms with Crippen LogP contribution in [0.4, 0.5) is 0 Å². The average molecular weight is 471 g/mol. The van der Waals surface area contributed by atoms with E-state index in [1.54, 1.807) is 23.3 Å². The van der Waals surface area contributed by atoms with Crippen LogP contribution in [0.5, 0.6) is 11.5 Å². The van der Waals surface area contributed by atoms with E-state index >= 15 is 0 Å². The molecule has 1 aromatic heterocycles. The molecule has 6 nitrogen and oxygen atoms in total. The van der Waals surface area contributed by atoms with Gasteiger partial charge in [0.25, 0.3) is 0 Å². The molecule has 2 amide bonds. The van der Waals surface area contributed by atoms with Crippen LogP contribution in [0.1, 0.15) is 55.5 Å². The van der Waals surface area contributed by atoms with Crippen LogP contribution in [0.3, 0.4) is 0 Å². The van der Waals surface area contributed by atoms with Crippen LogP contribution < -0.4 is 9.47 Å². The molecule has 0 bridgehead atoms. The first-order chi connectivity index (χ1) is 16.1. The van der Waals surface area contributed by atoms with Crippen LogP contribution in [0.25, 0.3) is 0 Å². The number of hydrogen-bond acceptors (Lipinski definition) is 5. The lowest BCUT2D eigenvalue weighted by Gasteiger charge is -2.37. The maximum absolute atomic E-state index is 13.5. The van der Waals surface area contributed by atoms with Crippen LogP contribution in [0, 0.1) is 5.92 Å². The number of carbonyl (C=O) groups excluding carboxylic acids is 2. The van der Waals surface area contributed by atoms with Crippen molar-refractivity contribution in [2.24, 2.45) is 5.92 Å². The van der Waals surface area contributed by atoms with Gasteiger partial charge in [-0.25, -0.2) is 0 Å². The molecule has 1 aromatic carbocycles. The summed E-state index contributed by atoms with van der Waals surface area (Å²) in [6, 6.07) is 9.49. The van der Waals surface area contributed by atoms with Crippen LogP contribution in [0.15, 0.2) is 35.7 Å². The zero-order valence-corrected chi connectivity index (χ0v) is 20.4. The first-order valence-corrected chi connectivity index (χ1v) is 12.9.